The van der Waals surface area contributed by atoms with Crippen LogP contribution in [0.25, 0.3) is 11.1 Å². The molecule has 0 aliphatic carbocycles. The highest BCUT2D eigenvalue weighted by atomic mass is 16.1. The minimum Gasteiger partial charge on any atom is -0.368 e. The van der Waals surface area contributed by atoms with Gasteiger partial charge in [0.1, 0.15) is 0 Å². The standard InChI is InChI=1S/C12H11N3O/c1-8(16)9-2-4-10(5-3-9)11-6-14-12(13)15-7-11/h2-7H,1H3,(H2,13,14,15). The third-order valence-corrected chi connectivity index (χ3v) is 2.30. The molecule has 0 saturated heterocycles. The van der Waals surface area contributed by atoms with E-state index in [2.05, 4.69) is 9.97 Å². The van der Waals surface area contributed by atoms with Crippen molar-refractivity contribution < 1.29 is 4.79 Å². The predicted octanol–water partition coefficient (Wildman–Crippen LogP) is 1.93. The van der Waals surface area contributed by atoms with Gasteiger partial charge in [-0.15, -0.1) is 0 Å². The van der Waals surface area contributed by atoms with Gasteiger partial charge in [0, 0.05) is 23.5 Å². The largest absolute Gasteiger partial charge is 0.368 e. The Morgan fingerprint density at radius 2 is 1.62 bits per heavy atom. The number of nitrogen functional groups attached to an aromatic ring is 1. The molecular formula is C12H11N3O. The zero-order valence-electron chi connectivity index (χ0n) is 8.84. The van der Waals surface area contributed by atoms with E-state index in [1.807, 2.05) is 12.1 Å². The number of aromatic nitrogens is 2. The number of rotatable bonds is 2. The SMILES string of the molecule is CC(=O)c1ccc(-c2cnc(N)nc2)cc1. The fourth-order valence-corrected chi connectivity index (χ4v) is 1.38. The molecule has 0 aliphatic rings. The molecular weight excluding hydrogens is 202 g/mol. The summed E-state index contributed by atoms with van der Waals surface area (Å²) in [5, 5.41) is 0. The van der Waals surface area contributed by atoms with Gasteiger partial charge >= 0.3 is 0 Å². The molecule has 16 heavy (non-hydrogen) atoms. The van der Waals surface area contributed by atoms with Crippen LogP contribution in [0, 0.1) is 0 Å². The van der Waals surface area contributed by atoms with Crippen LogP contribution in [0.15, 0.2) is 36.7 Å². The van der Waals surface area contributed by atoms with Crippen LogP contribution in [-0.2, 0) is 0 Å². The third kappa shape index (κ3) is 2.06. The topological polar surface area (TPSA) is 68.9 Å². The summed E-state index contributed by atoms with van der Waals surface area (Å²) >= 11 is 0. The Kier molecular flexibility index (Phi) is 2.64. The first-order valence-corrected chi connectivity index (χ1v) is 4.86. The monoisotopic (exact) mass is 213 g/mol. The maximum absolute atomic E-state index is 11.1. The number of hydrogen-bond acceptors (Lipinski definition) is 4. The van der Waals surface area contributed by atoms with Crippen LogP contribution >= 0.6 is 0 Å². The van der Waals surface area contributed by atoms with E-state index >= 15 is 0 Å². The zero-order chi connectivity index (χ0) is 11.5. The van der Waals surface area contributed by atoms with Crippen LogP contribution in [-0.4, -0.2) is 15.8 Å². The Hall–Kier alpha value is -2.23. The number of Topliss-reactive ketones (excluding diaryl/α,β-unsaturated/α-hetero) is 1. The van der Waals surface area contributed by atoms with Crippen molar-refractivity contribution in [3.63, 3.8) is 0 Å². The maximum Gasteiger partial charge on any atom is 0.219 e. The van der Waals surface area contributed by atoms with Gasteiger partial charge in [-0.3, -0.25) is 4.79 Å². The zero-order valence-corrected chi connectivity index (χ0v) is 8.84. The molecule has 0 unspecified atom stereocenters. The summed E-state index contributed by atoms with van der Waals surface area (Å²) in [5.41, 5.74) is 7.94. The average molecular weight is 213 g/mol. The van der Waals surface area contributed by atoms with Crippen molar-refractivity contribution in [3.8, 4) is 11.1 Å². The van der Waals surface area contributed by atoms with E-state index in [9.17, 15) is 4.79 Å². The van der Waals surface area contributed by atoms with E-state index in [0.717, 1.165) is 11.1 Å². The summed E-state index contributed by atoms with van der Waals surface area (Å²) in [6.45, 7) is 1.54. The highest BCUT2D eigenvalue weighted by Gasteiger charge is 2.01. The van der Waals surface area contributed by atoms with Crippen molar-refractivity contribution in [2.24, 2.45) is 0 Å². The number of nitrogens with zero attached hydrogens (tertiary/aromatic N) is 2. The molecule has 0 amide bonds. The molecule has 0 aliphatic heterocycles. The lowest BCUT2D eigenvalue weighted by Crippen LogP contribution is -1.94. The first-order valence-electron chi connectivity index (χ1n) is 4.86. The summed E-state index contributed by atoms with van der Waals surface area (Å²) in [6.07, 6.45) is 3.32. The van der Waals surface area contributed by atoms with Crippen molar-refractivity contribution >= 4 is 11.7 Å². The summed E-state index contributed by atoms with van der Waals surface area (Å²) in [4.78, 5) is 18.9. The number of ketones is 1. The summed E-state index contributed by atoms with van der Waals surface area (Å²) in [5.74, 6) is 0.309. The lowest BCUT2D eigenvalue weighted by Gasteiger charge is -2.01. The number of anilines is 1. The van der Waals surface area contributed by atoms with Crippen LogP contribution in [0.3, 0.4) is 0 Å². The quantitative estimate of drug-likeness (QED) is 0.774. The van der Waals surface area contributed by atoms with Gasteiger partial charge in [-0.05, 0) is 12.5 Å². The fourth-order valence-electron chi connectivity index (χ4n) is 1.38. The molecule has 1 aromatic carbocycles. The Balaban J connectivity index is 2.34. The first-order chi connectivity index (χ1) is 7.66. The van der Waals surface area contributed by atoms with Gasteiger partial charge in [-0.1, -0.05) is 24.3 Å². The van der Waals surface area contributed by atoms with Gasteiger partial charge in [-0.2, -0.15) is 0 Å². The molecule has 0 spiro atoms. The van der Waals surface area contributed by atoms with E-state index < -0.39 is 0 Å². The molecule has 1 aromatic heterocycles. The van der Waals surface area contributed by atoms with Gasteiger partial charge in [0.2, 0.25) is 5.95 Å². The third-order valence-electron chi connectivity index (χ3n) is 2.30. The van der Waals surface area contributed by atoms with Crippen molar-refractivity contribution in [3.05, 3.63) is 42.2 Å². The molecule has 4 heteroatoms. The Labute approximate surface area is 93.2 Å². The van der Waals surface area contributed by atoms with Crippen molar-refractivity contribution in [2.75, 3.05) is 5.73 Å². The summed E-state index contributed by atoms with van der Waals surface area (Å²) < 4.78 is 0. The van der Waals surface area contributed by atoms with Crippen molar-refractivity contribution in [2.45, 2.75) is 6.92 Å². The van der Waals surface area contributed by atoms with Crippen LogP contribution in [0.1, 0.15) is 17.3 Å². The first kappa shape index (κ1) is 10.3. The second-order valence-electron chi connectivity index (χ2n) is 3.46. The minimum absolute atomic E-state index is 0.0557. The number of carbonyl (C=O) groups is 1. The lowest BCUT2D eigenvalue weighted by molar-refractivity contribution is 0.101. The summed E-state index contributed by atoms with van der Waals surface area (Å²) in [7, 11) is 0. The van der Waals surface area contributed by atoms with Crippen LogP contribution in [0.2, 0.25) is 0 Å². The van der Waals surface area contributed by atoms with Crippen LogP contribution < -0.4 is 5.73 Å². The van der Waals surface area contributed by atoms with E-state index in [1.165, 1.54) is 0 Å². The fraction of sp³-hybridized carbons (Fsp3) is 0.0833. The highest BCUT2D eigenvalue weighted by molar-refractivity contribution is 5.94. The molecule has 2 rings (SSSR count). The van der Waals surface area contributed by atoms with Gasteiger partial charge in [0.05, 0.1) is 0 Å². The second-order valence-corrected chi connectivity index (χ2v) is 3.46. The van der Waals surface area contributed by atoms with Crippen molar-refractivity contribution in [1.82, 2.24) is 9.97 Å². The molecule has 0 saturated carbocycles. The molecule has 80 valence electrons. The number of hydrogen-bond donors (Lipinski definition) is 1. The smallest absolute Gasteiger partial charge is 0.219 e. The molecule has 2 N–H and O–H groups in total. The molecule has 1 heterocycles. The average Bonchev–Trinajstić information content (AvgIpc) is 2.30. The molecule has 0 radical (unpaired) electrons. The summed E-state index contributed by atoms with van der Waals surface area (Å²) in [6, 6.07) is 7.30. The molecule has 0 fully saturated rings. The maximum atomic E-state index is 11.1. The number of nitrogens with two attached hydrogens (primary N) is 1. The van der Waals surface area contributed by atoms with E-state index in [1.54, 1.807) is 31.5 Å². The molecule has 0 atom stereocenters. The second kappa shape index (κ2) is 4.10. The molecule has 0 bridgehead atoms. The number of benzene rings is 1. The Bertz CT molecular complexity index is 503. The van der Waals surface area contributed by atoms with Gasteiger partial charge in [0.25, 0.3) is 0 Å². The Morgan fingerprint density at radius 1 is 1.06 bits per heavy atom. The van der Waals surface area contributed by atoms with Crippen LogP contribution in [0.4, 0.5) is 5.95 Å². The van der Waals surface area contributed by atoms with Crippen molar-refractivity contribution in [1.29, 1.82) is 0 Å². The van der Waals surface area contributed by atoms with Gasteiger partial charge in [-0.25, -0.2) is 9.97 Å². The number of carbonyl (C=O) groups excluding carboxylic acids is 1. The van der Waals surface area contributed by atoms with E-state index in [-0.39, 0.29) is 11.7 Å². The normalized spacial score (nSPS) is 10.1. The lowest BCUT2D eigenvalue weighted by atomic mass is 10.1. The molecule has 4 nitrogen and oxygen atoms in total. The predicted molar refractivity (Wildman–Crippen MR) is 61.9 cm³/mol. The van der Waals surface area contributed by atoms with E-state index in [0.29, 0.717) is 5.56 Å². The minimum atomic E-state index is 0.0557. The molecule has 2 aromatic rings. The van der Waals surface area contributed by atoms with Gasteiger partial charge < -0.3 is 5.73 Å². The highest BCUT2D eigenvalue weighted by Crippen LogP contribution is 2.18. The van der Waals surface area contributed by atoms with E-state index in [4.69, 9.17) is 5.73 Å². The Morgan fingerprint density at radius 3 is 2.12 bits per heavy atom. The van der Waals surface area contributed by atoms with Gasteiger partial charge in [0.15, 0.2) is 5.78 Å². The van der Waals surface area contributed by atoms with Crippen LogP contribution in [0.5, 0.6) is 0 Å².